The van der Waals surface area contributed by atoms with Crippen LogP contribution in [0.15, 0.2) is 108 Å². The van der Waals surface area contributed by atoms with Crippen LogP contribution in [0.2, 0.25) is 0 Å². The normalized spacial score (nSPS) is 16.5. The molecule has 0 fully saturated rings. The number of non-ortho nitro benzene ring substituents is 2. The molecule has 0 spiro atoms. The Labute approximate surface area is 248 Å². The molecule has 1 aliphatic rings. The average Bonchev–Trinajstić information content (AvgIpc) is 3.01. The molecule has 0 aromatic heterocycles. The number of hydrogen-bond acceptors (Lipinski definition) is 8. The predicted octanol–water partition coefficient (Wildman–Crippen LogP) is 7.35. The zero-order chi connectivity index (χ0) is 30.7. The predicted molar refractivity (Wildman–Crippen MR) is 164 cm³/mol. The lowest BCUT2D eigenvalue weighted by molar-refractivity contribution is -0.385. The van der Waals surface area contributed by atoms with E-state index in [1.165, 1.54) is 31.4 Å². The minimum atomic E-state index is -0.846. The van der Waals surface area contributed by atoms with Crippen LogP contribution < -0.4 is 10.2 Å². The zero-order valence-corrected chi connectivity index (χ0v) is 23.9. The van der Waals surface area contributed by atoms with Crippen LogP contribution in [0.3, 0.4) is 0 Å². The number of ether oxygens (including phenoxy) is 1. The van der Waals surface area contributed by atoms with Gasteiger partial charge in [-0.2, -0.15) is 0 Å². The minimum absolute atomic E-state index is 0.0657. The summed E-state index contributed by atoms with van der Waals surface area (Å²) in [4.78, 5) is 38.3. The first-order valence-corrected chi connectivity index (χ1v) is 13.6. The number of carbonyl (C=O) groups excluding carboxylic acids is 1. The van der Waals surface area contributed by atoms with E-state index in [0.29, 0.717) is 16.8 Å². The second-order valence-electron chi connectivity index (χ2n) is 10.4. The Balaban J connectivity index is 1.82. The Kier molecular flexibility index (Phi) is 8.20. The molecule has 43 heavy (non-hydrogen) atoms. The highest BCUT2D eigenvalue weighted by Gasteiger charge is 2.42. The molecular formula is C33H30N4O6. The van der Waals surface area contributed by atoms with E-state index in [1.54, 1.807) is 18.2 Å². The first-order valence-electron chi connectivity index (χ1n) is 13.6. The zero-order valence-electron chi connectivity index (χ0n) is 23.9. The maximum Gasteiger partial charge on any atom is 0.337 e. The molecule has 218 valence electrons. The number of methoxy groups -OCH3 is 1. The molecule has 0 saturated carbocycles. The summed E-state index contributed by atoms with van der Waals surface area (Å²) in [5.41, 5.74) is 5.33. The van der Waals surface area contributed by atoms with E-state index in [9.17, 15) is 25.0 Å². The molecule has 0 unspecified atom stereocenters. The molecule has 1 heterocycles. The fourth-order valence-corrected chi connectivity index (χ4v) is 5.47. The first kappa shape index (κ1) is 29.0. The van der Waals surface area contributed by atoms with Crippen molar-refractivity contribution in [1.82, 2.24) is 0 Å². The summed E-state index contributed by atoms with van der Waals surface area (Å²) in [6, 6.07) is 26.6. The van der Waals surface area contributed by atoms with E-state index >= 15 is 0 Å². The standard InChI is InChI=1S/C33H30N4O6/c1-21-10-14-25(15-11-21)34-29-20-30(23-6-4-8-27(18-23)36(39)40)35(26-16-12-22(2)13-17-26)32(31(29)33(38)43-3)24-7-5-9-28(19-24)37(41)42/h4-19,30,32,34H,20H2,1-3H3/t30-,32+/m1/s1. The second kappa shape index (κ2) is 12.2. The molecule has 0 bridgehead atoms. The Morgan fingerprint density at radius 1 is 0.814 bits per heavy atom. The highest BCUT2D eigenvalue weighted by Crippen LogP contribution is 2.48. The summed E-state index contributed by atoms with van der Waals surface area (Å²) in [6.45, 7) is 3.93. The molecule has 5 rings (SSSR count). The second-order valence-corrected chi connectivity index (χ2v) is 10.4. The smallest absolute Gasteiger partial charge is 0.337 e. The first-order chi connectivity index (χ1) is 20.7. The van der Waals surface area contributed by atoms with E-state index in [0.717, 1.165) is 22.5 Å². The van der Waals surface area contributed by atoms with Crippen molar-refractivity contribution in [3.63, 3.8) is 0 Å². The summed E-state index contributed by atoms with van der Waals surface area (Å²) in [5.74, 6) is -0.597. The Bertz CT molecular complexity index is 1720. The number of aryl methyl sites for hydroxylation is 2. The van der Waals surface area contributed by atoms with Gasteiger partial charge in [-0.15, -0.1) is 0 Å². The van der Waals surface area contributed by atoms with Gasteiger partial charge in [0.2, 0.25) is 0 Å². The quantitative estimate of drug-likeness (QED) is 0.131. The van der Waals surface area contributed by atoms with Gasteiger partial charge < -0.3 is 15.0 Å². The summed E-state index contributed by atoms with van der Waals surface area (Å²) in [5, 5.41) is 27.0. The van der Waals surface area contributed by atoms with E-state index in [2.05, 4.69) is 5.32 Å². The molecule has 0 aliphatic carbocycles. The summed E-state index contributed by atoms with van der Waals surface area (Å²) in [6.07, 6.45) is 0.263. The van der Waals surface area contributed by atoms with E-state index < -0.39 is 27.9 Å². The van der Waals surface area contributed by atoms with Gasteiger partial charge in [0.1, 0.15) is 0 Å². The summed E-state index contributed by atoms with van der Waals surface area (Å²) < 4.78 is 5.31. The third-order valence-electron chi connectivity index (χ3n) is 7.56. The number of nitrogens with one attached hydrogen (secondary N) is 1. The van der Waals surface area contributed by atoms with Gasteiger partial charge in [-0.05, 0) is 49.2 Å². The number of nitro benzene ring substituents is 2. The molecule has 1 N–H and O–H groups in total. The van der Waals surface area contributed by atoms with Crippen LogP contribution in [-0.2, 0) is 9.53 Å². The third-order valence-corrected chi connectivity index (χ3v) is 7.56. The van der Waals surface area contributed by atoms with E-state index in [1.807, 2.05) is 73.3 Å². The molecule has 1 aliphatic heterocycles. The number of benzene rings is 4. The van der Waals surface area contributed by atoms with Gasteiger partial charge in [0.15, 0.2) is 0 Å². The van der Waals surface area contributed by atoms with Crippen LogP contribution in [0.1, 0.15) is 40.8 Å². The molecule has 2 atom stereocenters. The van der Waals surface area contributed by atoms with Gasteiger partial charge in [-0.1, -0.05) is 59.7 Å². The number of esters is 1. The number of rotatable bonds is 8. The van der Waals surface area contributed by atoms with Crippen LogP contribution in [0.25, 0.3) is 0 Å². The highest BCUT2D eigenvalue weighted by atomic mass is 16.6. The molecule has 10 heteroatoms. The molecule has 4 aromatic carbocycles. The van der Waals surface area contributed by atoms with Gasteiger partial charge >= 0.3 is 5.97 Å². The van der Waals surface area contributed by atoms with Crippen LogP contribution in [0.4, 0.5) is 22.7 Å². The van der Waals surface area contributed by atoms with E-state index in [4.69, 9.17) is 4.74 Å². The average molecular weight is 579 g/mol. The van der Waals surface area contributed by atoms with Crippen molar-refractivity contribution in [2.45, 2.75) is 32.4 Å². The largest absolute Gasteiger partial charge is 0.466 e. The maximum absolute atomic E-state index is 13.7. The fourth-order valence-electron chi connectivity index (χ4n) is 5.47. The minimum Gasteiger partial charge on any atom is -0.466 e. The topological polar surface area (TPSA) is 128 Å². The molecule has 0 radical (unpaired) electrons. The van der Waals surface area contributed by atoms with Gasteiger partial charge in [0, 0.05) is 47.8 Å². The van der Waals surface area contributed by atoms with Crippen LogP contribution in [-0.4, -0.2) is 22.9 Å². The van der Waals surface area contributed by atoms with Crippen molar-refractivity contribution in [1.29, 1.82) is 0 Å². The van der Waals surface area contributed by atoms with Crippen LogP contribution in [0, 0.1) is 34.1 Å². The Hall–Kier alpha value is -5.51. The molecular weight excluding hydrogens is 548 g/mol. The van der Waals surface area contributed by atoms with E-state index in [-0.39, 0.29) is 23.4 Å². The Morgan fingerprint density at radius 2 is 1.35 bits per heavy atom. The number of anilines is 2. The fraction of sp³-hybridized carbons (Fsp3) is 0.182. The monoisotopic (exact) mass is 578 g/mol. The SMILES string of the molecule is COC(=O)C1=C(Nc2ccc(C)cc2)C[C@H](c2cccc([N+](=O)[O-])c2)N(c2ccc(C)cc2)[C@H]1c1cccc([N+](=O)[O-])c1. The number of carbonyl (C=O) groups is 1. The third kappa shape index (κ3) is 6.08. The van der Waals surface area contributed by atoms with Crippen LogP contribution in [0.5, 0.6) is 0 Å². The van der Waals surface area contributed by atoms with Crippen LogP contribution >= 0.6 is 0 Å². The number of nitrogens with zero attached hydrogens (tertiary/aromatic N) is 3. The lowest BCUT2D eigenvalue weighted by Gasteiger charge is -2.45. The summed E-state index contributed by atoms with van der Waals surface area (Å²) >= 11 is 0. The van der Waals surface area contributed by atoms with Crippen molar-refractivity contribution in [2.24, 2.45) is 0 Å². The number of nitro groups is 2. The van der Waals surface area contributed by atoms with Crippen molar-refractivity contribution >= 4 is 28.7 Å². The van der Waals surface area contributed by atoms with Crippen molar-refractivity contribution in [2.75, 3.05) is 17.3 Å². The Morgan fingerprint density at radius 3 is 1.91 bits per heavy atom. The number of hydrogen-bond donors (Lipinski definition) is 1. The molecule has 0 amide bonds. The molecule has 4 aromatic rings. The molecule has 0 saturated heterocycles. The highest BCUT2D eigenvalue weighted by molar-refractivity contribution is 5.93. The van der Waals surface area contributed by atoms with Gasteiger partial charge in [0.25, 0.3) is 11.4 Å². The van der Waals surface area contributed by atoms with Crippen molar-refractivity contribution < 1.29 is 19.4 Å². The lowest BCUT2D eigenvalue weighted by Crippen LogP contribution is -2.41. The lowest BCUT2D eigenvalue weighted by atomic mass is 9.84. The van der Waals surface area contributed by atoms with Gasteiger partial charge in [0.05, 0.1) is 34.6 Å². The van der Waals surface area contributed by atoms with Gasteiger partial charge in [-0.3, -0.25) is 20.2 Å². The van der Waals surface area contributed by atoms with Crippen molar-refractivity contribution in [3.8, 4) is 0 Å². The maximum atomic E-state index is 13.7. The van der Waals surface area contributed by atoms with Gasteiger partial charge in [-0.25, -0.2) is 4.79 Å². The summed E-state index contributed by atoms with van der Waals surface area (Å²) in [7, 11) is 1.30. The van der Waals surface area contributed by atoms with Crippen molar-refractivity contribution in [3.05, 3.63) is 151 Å². The molecule has 10 nitrogen and oxygen atoms in total.